The van der Waals surface area contributed by atoms with Gasteiger partial charge in [0.05, 0.1) is 12.2 Å². The molecule has 1 saturated carbocycles. The van der Waals surface area contributed by atoms with E-state index >= 15 is 0 Å². The third-order valence-electron chi connectivity index (χ3n) is 3.30. The van der Waals surface area contributed by atoms with Gasteiger partial charge in [-0.05, 0) is 36.8 Å². The van der Waals surface area contributed by atoms with Crippen molar-refractivity contribution < 1.29 is 9.53 Å². The van der Waals surface area contributed by atoms with Gasteiger partial charge in [0.1, 0.15) is 5.75 Å². The molecule has 0 heterocycles. The SMILES string of the molecule is CC1CCC1COc1ccccc1C=O. The zero-order valence-electron chi connectivity index (χ0n) is 8.98. The number of benzene rings is 1. The highest BCUT2D eigenvalue weighted by atomic mass is 16.5. The van der Waals surface area contributed by atoms with Crippen LogP contribution in [-0.4, -0.2) is 12.9 Å². The molecule has 2 rings (SSSR count). The van der Waals surface area contributed by atoms with E-state index in [-0.39, 0.29) is 0 Å². The normalized spacial score (nSPS) is 24.3. The van der Waals surface area contributed by atoms with Crippen LogP contribution in [0.2, 0.25) is 0 Å². The lowest BCUT2D eigenvalue weighted by Gasteiger charge is -2.33. The molecule has 80 valence electrons. The molecule has 0 aliphatic heterocycles. The van der Waals surface area contributed by atoms with E-state index in [1.807, 2.05) is 18.2 Å². The third-order valence-corrected chi connectivity index (χ3v) is 3.30. The average molecular weight is 204 g/mol. The summed E-state index contributed by atoms with van der Waals surface area (Å²) in [6.45, 7) is 3.00. The molecular weight excluding hydrogens is 188 g/mol. The molecule has 1 fully saturated rings. The average Bonchev–Trinajstić information content (AvgIpc) is 2.28. The lowest BCUT2D eigenvalue weighted by atomic mass is 9.75. The second-order valence-electron chi connectivity index (χ2n) is 4.28. The minimum Gasteiger partial charge on any atom is -0.493 e. The summed E-state index contributed by atoms with van der Waals surface area (Å²) in [5.41, 5.74) is 0.643. The fourth-order valence-electron chi connectivity index (χ4n) is 1.89. The van der Waals surface area contributed by atoms with Crippen LogP contribution in [0.15, 0.2) is 24.3 Å². The molecule has 0 saturated heterocycles. The fourth-order valence-corrected chi connectivity index (χ4v) is 1.89. The minimum absolute atomic E-state index is 0.643. The predicted molar refractivity (Wildman–Crippen MR) is 59.2 cm³/mol. The van der Waals surface area contributed by atoms with Crippen molar-refractivity contribution in [3.8, 4) is 5.75 Å². The number of carbonyl (C=O) groups is 1. The summed E-state index contributed by atoms with van der Waals surface area (Å²) in [5.74, 6) is 2.16. The Hall–Kier alpha value is -1.31. The highest BCUT2D eigenvalue weighted by Gasteiger charge is 2.27. The molecule has 0 amide bonds. The monoisotopic (exact) mass is 204 g/mol. The first-order chi connectivity index (χ1) is 7.31. The van der Waals surface area contributed by atoms with Crippen LogP contribution in [0.3, 0.4) is 0 Å². The highest BCUT2D eigenvalue weighted by Crippen LogP contribution is 2.34. The maximum Gasteiger partial charge on any atom is 0.153 e. The van der Waals surface area contributed by atoms with Crippen molar-refractivity contribution in [1.29, 1.82) is 0 Å². The highest BCUT2D eigenvalue weighted by molar-refractivity contribution is 5.79. The molecule has 0 N–H and O–H groups in total. The number of aldehydes is 1. The number of rotatable bonds is 4. The van der Waals surface area contributed by atoms with Gasteiger partial charge >= 0.3 is 0 Å². The van der Waals surface area contributed by atoms with Crippen LogP contribution in [0.25, 0.3) is 0 Å². The maximum absolute atomic E-state index is 10.7. The largest absolute Gasteiger partial charge is 0.493 e. The van der Waals surface area contributed by atoms with E-state index in [1.165, 1.54) is 12.8 Å². The van der Waals surface area contributed by atoms with Crippen LogP contribution >= 0.6 is 0 Å². The molecule has 1 aromatic rings. The Labute approximate surface area is 90.3 Å². The first-order valence-corrected chi connectivity index (χ1v) is 5.48. The Morgan fingerprint density at radius 1 is 1.40 bits per heavy atom. The standard InChI is InChI=1S/C13H16O2/c1-10-6-7-12(10)9-15-13-5-3-2-4-11(13)8-14/h2-5,8,10,12H,6-7,9H2,1H3. The van der Waals surface area contributed by atoms with E-state index in [4.69, 9.17) is 4.74 Å². The Balaban J connectivity index is 1.95. The second kappa shape index (κ2) is 4.47. The van der Waals surface area contributed by atoms with Crippen molar-refractivity contribution >= 4 is 6.29 Å². The Bertz CT molecular complexity index is 346. The summed E-state index contributed by atoms with van der Waals surface area (Å²) in [5, 5.41) is 0. The third kappa shape index (κ3) is 2.20. The summed E-state index contributed by atoms with van der Waals surface area (Å²) < 4.78 is 5.67. The molecular formula is C13H16O2. The van der Waals surface area contributed by atoms with Crippen molar-refractivity contribution in [2.45, 2.75) is 19.8 Å². The van der Waals surface area contributed by atoms with Crippen molar-refractivity contribution in [3.05, 3.63) is 29.8 Å². The lowest BCUT2D eigenvalue weighted by molar-refractivity contribution is 0.108. The molecule has 2 unspecified atom stereocenters. The second-order valence-corrected chi connectivity index (χ2v) is 4.28. The quantitative estimate of drug-likeness (QED) is 0.705. The van der Waals surface area contributed by atoms with Crippen molar-refractivity contribution in [3.63, 3.8) is 0 Å². The van der Waals surface area contributed by atoms with E-state index < -0.39 is 0 Å². The van der Waals surface area contributed by atoms with E-state index in [0.29, 0.717) is 17.2 Å². The first kappa shape index (κ1) is 10.2. The topological polar surface area (TPSA) is 26.3 Å². The summed E-state index contributed by atoms with van der Waals surface area (Å²) in [6, 6.07) is 7.38. The summed E-state index contributed by atoms with van der Waals surface area (Å²) in [4.78, 5) is 10.7. The van der Waals surface area contributed by atoms with Crippen LogP contribution in [0.5, 0.6) is 5.75 Å². The number of carbonyl (C=O) groups excluding carboxylic acids is 1. The van der Waals surface area contributed by atoms with Gasteiger partial charge in [0, 0.05) is 0 Å². The molecule has 1 aliphatic rings. The van der Waals surface area contributed by atoms with Crippen LogP contribution in [0.4, 0.5) is 0 Å². The molecule has 1 aliphatic carbocycles. The van der Waals surface area contributed by atoms with E-state index in [2.05, 4.69) is 6.92 Å². The molecule has 0 spiro atoms. The smallest absolute Gasteiger partial charge is 0.153 e. The van der Waals surface area contributed by atoms with Gasteiger partial charge < -0.3 is 4.74 Å². The van der Waals surface area contributed by atoms with Gasteiger partial charge in [0.2, 0.25) is 0 Å². The van der Waals surface area contributed by atoms with Gasteiger partial charge in [-0.25, -0.2) is 0 Å². The van der Waals surface area contributed by atoms with E-state index in [0.717, 1.165) is 18.8 Å². The number of hydrogen-bond acceptors (Lipinski definition) is 2. The van der Waals surface area contributed by atoms with Gasteiger partial charge in [-0.2, -0.15) is 0 Å². The molecule has 2 heteroatoms. The zero-order valence-corrected chi connectivity index (χ0v) is 8.98. The zero-order chi connectivity index (χ0) is 10.7. The van der Waals surface area contributed by atoms with Crippen LogP contribution in [0, 0.1) is 11.8 Å². The van der Waals surface area contributed by atoms with Crippen LogP contribution in [-0.2, 0) is 0 Å². The minimum atomic E-state index is 0.643. The Morgan fingerprint density at radius 2 is 2.20 bits per heavy atom. The van der Waals surface area contributed by atoms with Gasteiger partial charge in [-0.3, -0.25) is 4.79 Å². The van der Waals surface area contributed by atoms with Crippen LogP contribution in [0.1, 0.15) is 30.1 Å². The first-order valence-electron chi connectivity index (χ1n) is 5.48. The van der Waals surface area contributed by atoms with E-state index in [9.17, 15) is 4.79 Å². The molecule has 0 aromatic heterocycles. The molecule has 1 aromatic carbocycles. The molecule has 2 atom stereocenters. The van der Waals surface area contributed by atoms with Gasteiger partial charge in [0.15, 0.2) is 6.29 Å². The number of hydrogen-bond donors (Lipinski definition) is 0. The molecule has 15 heavy (non-hydrogen) atoms. The number of ether oxygens (including phenoxy) is 1. The van der Waals surface area contributed by atoms with Crippen molar-refractivity contribution in [2.75, 3.05) is 6.61 Å². The van der Waals surface area contributed by atoms with Crippen LogP contribution < -0.4 is 4.74 Å². The molecule has 0 bridgehead atoms. The summed E-state index contributed by atoms with van der Waals surface area (Å²) in [6.07, 6.45) is 3.41. The fraction of sp³-hybridized carbons (Fsp3) is 0.462. The molecule has 0 radical (unpaired) electrons. The molecule has 2 nitrogen and oxygen atoms in total. The lowest BCUT2D eigenvalue weighted by Crippen LogP contribution is -2.28. The van der Waals surface area contributed by atoms with Gasteiger partial charge in [-0.15, -0.1) is 0 Å². The summed E-state index contributed by atoms with van der Waals surface area (Å²) in [7, 11) is 0. The van der Waals surface area contributed by atoms with Gasteiger partial charge in [-0.1, -0.05) is 19.1 Å². The Kier molecular flexibility index (Phi) is 3.05. The summed E-state index contributed by atoms with van der Waals surface area (Å²) >= 11 is 0. The number of para-hydroxylation sites is 1. The van der Waals surface area contributed by atoms with Crippen molar-refractivity contribution in [1.82, 2.24) is 0 Å². The predicted octanol–water partition coefficient (Wildman–Crippen LogP) is 2.92. The Morgan fingerprint density at radius 3 is 2.80 bits per heavy atom. The van der Waals surface area contributed by atoms with E-state index in [1.54, 1.807) is 6.07 Å². The van der Waals surface area contributed by atoms with Crippen molar-refractivity contribution in [2.24, 2.45) is 11.8 Å². The van der Waals surface area contributed by atoms with Gasteiger partial charge in [0.25, 0.3) is 0 Å². The maximum atomic E-state index is 10.7.